The molecule has 1 amide bonds. The average molecular weight is 457 g/mol. The van der Waals surface area contributed by atoms with E-state index in [1.807, 2.05) is 6.07 Å². The van der Waals surface area contributed by atoms with E-state index in [1.165, 1.54) is 5.69 Å². The van der Waals surface area contributed by atoms with E-state index in [1.54, 1.807) is 25.1 Å². The fraction of sp³-hybridized carbons (Fsp3) is 0.444. The first-order valence-corrected chi connectivity index (χ1v) is 8.26. The van der Waals surface area contributed by atoms with Crippen molar-refractivity contribution in [1.29, 1.82) is 0 Å². The molecule has 1 heterocycles. The molecule has 0 atom stereocenters. The Morgan fingerprint density at radius 2 is 1.88 bits per heavy atom. The van der Waals surface area contributed by atoms with Crippen LogP contribution in [-0.4, -0.2) is 75.0 Å². The topological polar surface area (TPSA) is 51.2 Å². The molecule has 1 aliphatic heterocycles. The van der Waals surface area contributed by atoms with Gasteiger partial charge in [-0.15, -0.1) is 30.6 Å². The molecule has 25 heavy (non-hydrogen) atoms. The van der Waals surface area contributed by atoms with Gasteiger partial charge in [0, 0.05) is 52.5 Å². The molecule has 0 spiro atoms. The van der Waals surface area contributed by atoms with Gasteiger partial charge in [-0.25, -0.2) is 4.99 Å². The molecule has 1 fully saturated rings. The number of likely N-dealkylation sites (N-methyl/N-ethyl adjacent to an activating group) is 1. The number of anilines is 1. The molecule has 1 saturated heterocycles. The number of para-hydroxylation sites is 1. The Bertz CT molecular complexity index is 568. The SMILES string of the molecule is C=CCNC(=NCC(=O)N(C)C)N1CCN(c2ccccc2)CC1.I. The minimum atomic E-state index is -0.00387. The van der Waals surface area contributed by atoms with Crippen LogP contribution in [0, 0.1) is 0 Å². The maximum Gasteiger partial charge on any atom is 0.243 e. The number of carbonyl (C=O) groups is 1. The Balaban J connectivity index is 0.00000312. The predicted molar refractivity (Wildman–Crippen MR) is 115 cm³/mol. The van der Waals surface area contributed by atoms with Crippen LogP contribution in [0.3, 0.4) is 0 Å². The number of carbonyl (C=O) groups excluding carboxylic acids is 1. The fourth-order valence-electron chi connectivity index (χ4n) is 2.53. The van der Waals surface area contributed by atoms with Gasteiger partial charge in [-0.05, 0) is 12.1 Å². The van der Waals surface area contributed by atoms with Gasteiger partial charge >= 0.3 is 0 Å². The van der Waals surface area contributed by atoms with Crippen LogP contribution >= 0.6 is 24.0 Å². The number of halogens is 1. The minimum Gasteiger partial charge on any atom is -0.368 e. The second-order valence-corrected chi connectivity index (χ2v) is 5.91. The molecule has 0 radical (unpaired) electrons. The number of hydrogen-bond donors (Lipinski definition) is 1. The van der Waals surface area contributed by atoms with Crippen LogP contribution in [0.2, 0.25) is 0 Å². The van der Waals surface area contributed by atoms with E-state index in [9.17, 15) is 4.79 Å². The summed E-state index contributed by atoms with van der Waals surface area (Å²) in [5, 5.41) is 3.26. The molecule has 1 aliphatic rings. The van der Waals surface area contributed by atoms with E-state index in [4.69, 9.17) is 0 Å². The summed E-state index contributed by atoms with van der Waals surface area (Å²) in [4.78, 5) is 22.4. The molecule has 1 aromatic rings. The quantitative estimate of drug-likeness (QED) is 0.316. The number of hydrogen-bond acceptors (Lipinski definition) is 3. The lowest BCUT2D eigenvalue weighted by molar-refractivity contribution is -0.127. The van der Waals surface area contributed by atoms with Crippen molar-refractivity contribution < 1.29 is 4.79 Å². The van der Waals surface area contributed by atoms with Gasteiger partial charge in [0.25, 0.3) is 0 Å². The van der Waals surface area contributed by atoms with E-state index in [2.05, 4.69) is 51.0 Å². The van der Waals surface area contributed by atoms with Gasteiger partial charge in [-0.3, -0.25) is 4.79 Å². The Kier molecular flexibility index (Phi) is 9.33. The van der Waals surface area contributed by atoms with Gasteiger partial charge in [-0.1, -0.05) is 24.3 Å². The van der Waals surface area contributed by atoms with Crippen LogP contribution in [0.5, 0.6) is 0 Å². The number of rotatable bonds is 5. The largest absolute Gasteiger partial charge is 0.368 e. The van der Waals surface area contributed by atoms with Crippen LogP contribution in [0.4, 0.5) is 5.69 Å². The highest BCUT2D eigenvalue weighted by Gasteiger charge is 2.20. The first-order chi connectivity index (χ1) is 11.6. The summed E-state index contributed by atoms with van der Waals surface area (Å²) in [6.07, 6.45) is 1.80. The lowest BCUT2D eigenvalue weighted by Crippen LogP contribution is -2.52. The molecule has 1 N–H and O–H groups in total. The zero-order valence-corrected chi connectivity index (χ0v) is 17.3. The first-order valence-electron chi connectivity index (χ1n) is 8.26. The fourth-order valence-corrected chi connectivity index (χ4v) is 2.53. The number of nitrogens with zero attached hydrogens (tertiary/aromatic N) is 4. The molecule has 0 aliphatic carbocycles. The molecular weight excluding hydrogens is 429 g/mol. The lowest BCUT2D eigenvalue weighted by Gasteiger charge is -2.37. The van der Waals surface area contributed by atoms with Crippen molar-refractivity contribution in [2.24, 2.45) is 4.99 Å². The van der Waals surface area contributed by atoms with E-state index in [0.29, 0.717) is 6.54 Å². The van der Waals surface area contributed by atoms with Crippen molar-refractivity contribution >= 4 is 41.5 Å². The number of piperazine rings is 1. The lowest BCUT2D eigenvalue weighted by atomic mass is 10.2. The number of aliphatic imine (C=N–C) groups is 1. The van der Waals surface area contributed by atoms with E-state index in [-0.39, 0.29) is 36.4 Å². The summed E-state index contributed by atoms with van der Waals surface area (Å²) in [5.74, 6) is 0.772. The second-order valence-electron chi connectivity index (χ2n) is 5.91. The molecule has 2 rings (SSSR count). The van der Waals surface area contributed by atoms with E-state index >= 15 is 0 Å². The van der Waals surface area contributed by atoms with Crippen molar-refractivity contribution in [2.45, 2.75) is 0 Å². The van der Waals surface area contributed by atoms with Crippen molar-refractivity contribution in [2.75, 3.05) is 58.3 Å². The van der Waals surface area contributed by atoms with E-state index < -0.39 is 0 Å². The summed E-state index contributed by atoms with van der Waals surface area (Å²) < 4.78 is 0. The van der Waals surface area contributed by atoms with Crippen molar-refractivity contribution in [3.8, 4) is 0 Å². The summed E-state index contributed by atoms with van der Waals surface area (Å²) in [7, 11) is 3.49. The maximum atomic E-state index is 11.8. The Hall–Kier alpha value is -1.77. The highest BCUT2D eigenvalue weighted by molar-refractivity contribution is 14.0. The summed E-state index contributed by atoms with van der Waals surface area (Å²) in [6.45, 7) is 8.12. The summed E-state index contributed by atoms with van der Waals surface area (Å²) >= 11 is 0. The molecule has 0 unspecified atom stereocenters. The van der Waals surface area contributed by atoms with Gasteiger partial charge < -0.3 is 20.0 Å². The van der Waals surface area contributed by atoms with Crippen LogP contribution in [0.25, 0.3) is 0 Å². The van der Waals surface area contributed by atoms with Crippen LogP contribution < -0.4 is 10.2 Å². The minimum absolute atomic E-state index is 0. The molecule has 1 aromatic carbocycles. The van der Waals surface area contributed by atoms with E-state index in [0.717, 1.165) is 32.1 Å². The zero-order chi connectivity index (χ0) is 17.4. The summed E-state index contributed by atoms with van der Waals surface area (Å²) in [5.41, 5.74) is 1.25. The number of amides is 1. The van der Waals surface area contributed by atoms with Crippen molar-refractivity contribution in [1.82, 2.24) is 15.1 Å². The molecule has 6 nitrogen and oxygen atoms in total. The average Bonchev–Trinajstić information content (AvgIpc) is 2.62. The Morgan fingerprint density at radius 1 is 1.24 bits per heavy atom. The molecular formula is C18H28IN5O. The van der Waals surface area contributed by atoms with Crippen molar-refractivity contribution in [3.63, 3.8) is 0 Å². The molecule has 0 saturated carbocycles. The predicted octanol–water partition coefficient (Wildman–Crippen LogP) is 1.65. The zero-order valence-electron chi connectivity index (χ0n) is 15.0. The Morgan fingerprint density at radius 3 is 2.44 bits per heavy atom. The van der Waals surface area contributed by atoms with Gasteiger partial charge in [0.1, 0.15) is 6.54 Å². The van der Waals surface area contributed by atoms with Gasteiger partial charge in [0.2, 0.25) is 5.91 Å². The summed E-state index contributed by atoms with van der Waals surface area (Å²) in [6, 6.07) is 10.4. The monoisotopic (exact) mass is 457 g/mol. The van der Waals surface area contributed by atoms with Gasteiger partial charge in [0.15, 0.2) is 5.96 Å². The standard InChI is InChI=1S/C18H27N5O.HI/c1-4-10-19-18(20-15-17(24)21(2)3)23-13-11-22(12-14-23)16-8-6-5-7-9-16;/h4-9H,1,10-15H2,2-3H3,(H,19,20);1H. The highest BCUT2D eigenvalue weighted by Crippen LogP contribution is 2.15. The van der Waals surface area contributed by atoms with Crippen molar-refractivity contribution in [3.05, 3.63) is 43.0 Å². The van der Waals surface area contributed by atoms with Crippen LogP contribution in [-0.2, 0) is 4.79 Å². The van der Waals surface area contributed by atoms with Gasteiger partial charge in [0.05, 0.1) is 0 Å². The second kappa shape index (κ2) is 11.0. The van der Waals surface area contributed by atoms with Crippen LogP contribution in [0.15, 0.2) is 48.0 Å². The maximum absolute atomic E-state index is 11.8. The molecule has 138 valence electrons. The normalized spacial score (nSPS) is 14.6. The number of guanidine groups is 1. The number of benzene rings is 1. The van der Waals surface area contributed by atoms with Gasteiger partial charge in [-0.2, -0.15) is 0 Å². The Labute approximate surface area is 167 Å². The third kappa shape index (κ3) is 6.56. The smallest absolute Gasteiger partial charge is 0.243 e. The van der Waals surface area contributed by atoms with Crippen LogP contribution in [0.1, 0.15) is 0 Å². The third-order valence-corrected chi connectivity index (χ3v) is 3.97. The molecule has 7 heteroatoms. The number of nitrogens with one attached hydrogen (secondary N) is 1. The third-order valence-electron chi connectivity index (χ3n) is 3.97. The first kappa shape index (κ1) is 21.3. The highest BCUT2D eigenvalue weighted by atomic mass is 127. The molecule has 0 bridgehead atoms. The molecule has 0 aromatic heterocycles.